The van der Waals surface area contributed by atoms with Gasteiger partial charge in [-0.05, 0) is 18.6 Å². The number of hydrogen-bond donors (Lipinski definition) is 0. The molecule has 0 aromatic heterocycles. The van der Waals surface area contributed by atoms with Gasteiger partial charge in [-0.3, -0.25) is 14.5 Å². The van der Waals surface area contributed by atoms with Gasteiger partial charge in [0.15, 0.2) is 0 Å². The van der Waals surface area contributed by atoms with Gasteiger partial charge in [-0.1, -0.05) is 29.8 Å². The normalized spacial score (nSPS) is 17.1. The molecule has 0 saturated carbocycles. The second kappa shape index (κ2) is 7.61. The molecule has 1 unspecified atom stereocenters. The highest BCUT2D eigenvalue weighted by molar-refractivity contribution is 6.31. The summed E-state index contributed by atoms with van der Waals surface area (Å²) >= 11 is 6.09. The van der Waals surface area contributed by atoms with Crippen molar-refractivity contribution in [2.45, 2.75) is 19.4 Å². The highest BCUT2D eigenvalue weighted by atomic mass is 35.5. The quantitative estimate of drug-likeness (QED) is 0.789. The summed E-state index contributed by atoms with van der Waals surface area (Å²) in [5.41, 5.74) is 0.847. The summed E-state index contributed by atoms with van der Waals surface area (Å²) in [6, 6.07) is 7.12. The molecule has 5 nitrogen and oxygen atoms in total. The number of rotatable bonds is 4. The molecule has 0 aliphatic carbocycles. The van der Waals surface area contributed by atoms with Crippen LogP contribution in [-0.2, 0) is 20.7 Å². The summed E-state index contributed by atoms with van der Waals surface area (Å²) < 4.78 is 4.76. The largest absolute Gasteiger partial charge is 0.468 e. The van der Waals surface area contributed by atoms with Gasteiger partial charge in [0.05, 0.1) is 13.5 Å². The molecule has 1 amide bonds. The summed E-state index contributed by atoms with van der Waals surface area (Å²) in [4.78, 5) is 27.7. The zero-order chi connectivity index (χ0) is 16.1. The van der Waals surface area contributed by atoms with E-state index in [0.717, 1.165) is 5.56 Å². The number of benzene rings is 1. The number of esters is 1. The van der Waals surface area contributed by atoms with Gasteiger partial charge >= 0.3 is 5.97 Å². The number of halogens is 1. The van der Waals surface area contributed by atoms with Crippen molar-refractivity contribution in [2.75, 3.05) is 33.3 Å². The van der Waals surface area contributed by atoms with Gasteiger partial charge in [-0.25, -0.2) is 0 Å². The predicted molar refractivity (Wildman–Crippen MR) is 84.8 cm³/mol. The second-order valence-corrected chi connectivity index (χ2v) is 5.79. The van der Waals surface area contributed by atoms with E-state index in [1.807, 2.05) is 34.9 Å². The molecule has 1 atom stereocenters. The first-order chi connectivity index (χ1) is 10.5. The smallest absolute Gasteiger partial charge is 0.322 e. The predicted octanol–water partition coefficient (Wildman–Crippen LogP) is 1.59. The highest BCUT2D eigenvalue weighted by Crippen LogP contribution is 2.17. The molecule has 1 aromatic rings. The van der Waals surface area contributed by atoms with Crippen LogP contribution in [-0.4, -0.2) is 61.0 Å². The van der Waals surface area contributed by atoms with E-state index in [4.69, 9.17) is 16.3 Å². The lowest BCUT2D eigenvalue weighted by Gasteiger charge is -2.37. The van der Waals surface area contributed by atoms with Crippen molar-refractivity contribution < 1.29 is 14.3 Å². The Balaban J connectivity index is 1.87. The molecule has 1 heterocycles. The molecule has 120 valence electrons. The molecule has 0 radical (unpaired) electrons. The number of amides is 1. The number of piperazine rings is 1. The van der Waals surface area contributed by atoms with Crippen molar-refractivity contribution >= 4 is 23.5 Å². The Bertz CT molecular complexity index is 542. The molecule has 0 N–H and O–H groups in total. The highest BCUT2D eigenvalue weighted by Gasteiger charge is 2.27. The Morgan fingerprint density at radius 3 is 2.45 bits per heavy atom. The van der Waals surface area contributed by atoms with Crippen LogP contribution in [0.4, 0.5) is 0 Å². The van der Waals surface area contributed by atoms with Crippen LogP contribution in [0.1, 0.15) is 12.5 Å². The summed E-state index contributed by atoms with van der Waals surface area (Å²) in [6.07, 6.45) is 0.312. The molecule has 1 aliphatic heterocycles. The fourth-order valence-corrected chi connectivity index (χ4v) is 2.80. The van der Waals surface area contributed by atoms with E-state index < -0.39 is 0 Å². The summed E-state index contributed by atoms with van der Waals surface area (Å²) in [7, 11) is 1.39. The minimum Gasteiger partial charge on any atom is -0.468 e. The van der Waals surface area contributed by atoms with Gasteiger partial charge < -0.3 is 9.64 Å². The van der Waals surface area contributed by atoms with Crippen LogP contribution in [0.15, 0.2) is 24.3 Å². The minimum atomic E-state index is -0.272. The second-order valence-electron chi connectivity index (χ2n) is 5.38. The standard InChI is InChI=1S/C16H21ClN2O3/c1-12(16(21)22-2)18-7-9-19(10-8-18)15(20)11-13-5-3-4-6-14(13)17/h3-6,12H,7-11H2,1-2H3. The van der Waals surface area contributed by atoms with Gasteiger partial charge in [0, 0.05) is 31.2 Å². The molecular formula is C16H21ClN2O3. The van der Waals surface area contributed by atoms with E-state index in [1.165, 1.54) is 7.11 Å². The van der Waals surface area contributed by atoms with E-state index in [1.54, 1.807) is 6.07 Å². The maximum Gasteiger partial charge on any atom is 0.322 e. The average Bonchev–Trinajstić information content (AvgIpc) is 2.55. The van der Waals surface area contributed by atoms with Gasteiger partial charge in [-0.2, -0.15) is 0 Å². The Morgan fingerprint density at radius 1 is 1.23 bits per heavy atom. The Labute approximate surface area is 135 Å². The Hall–Kier alpha value is -1.59. The van der Waals surface area contributed by atoms with Crippen LogP contribution < -0.4 is 0 Å². The Kier molecular flexibility index (Phi) is 5.80. The van der Waals surface area contributed by atoms with Crippen LogP contribution in [0.3, 0.4) is 0 Å². The van der Waals surface area contributed by atoms with Crippen molar-refractivity contribution in [3.8, 4) is 0 Å². The first kappa shape index (κ1) is 16.8. The van der Waals surface area contributed by atoms with Crippen LogP contribution in [0.5, 0.6) is 0 Å². The SMILES string of the molecule is COC(=O)C(C)N1CCN(C(=O)Cc2ccccc2Cl)CC1. The van der Waals surface area contributed by atoms with Crippen molar-refractivity contribution in [3.63, 3.8) is 0 Å². The molecule has 1 fully saturated rings. The van der Waals surface area contributed by atoms with E-state index in [9.17, 15) is 9.59 Å². The van der Waals surface area contributed by atoms with Gasteiger partial charge in [-0.15, -0.1) is 0 Å². The third-order valence-electron chi connectivity index (χ3n) is 4.06. The van der Waals surface area contributed by atoms with E-state index in [0.29, 0.717) is 37.6 Å². The molecule has 6 heteroatoms. The molecular weight excluding hydrogens is 304 g/mol. The maximum absolute atomic E-state index is 12.3. The third kappa shape index (κ3) is 3.99. The topological polar surface area (TPSA) is 49.9 Å². The van der Waals surface area contributed by atoms with Crippen molar-refractivity contribution in [1.29, 1.82) is 0 Å². The monoisotopic (exact) mass is 324 g/mol. The molecule has 2 rings (SSSR count). The van der Waals surface area contributed by atoms with E-state index >= 15 is 0 Å². The van der Waals surface area contributed by atoms with Gasteiger partial charge in [0.1, 0.15) is 6.04 Å². The fraction of sp³-hybridized carbons (Fsp3) is 0.500. The summed E-state index contributed by atoms with van der Waals surface area (Å²) in [5.74, 6) is -0.172. The lowest BCUT2D eigenvalue weighted by Crippen LogP contribution is -2.53. The minimum absolute atomic E-state index is 0.0680. The Morgan fingerprint density at radius 2 is 1.86 bits per heavy atom. The maximum atomic E-state index is 12.3. The molecule has 0 bridgehead atoms. The first-order valence-corrected chi connectivity index (χ1v) is 7.73. The number of nitrogens with zero attached hydrogens (tertiary/aromatic N) is 2. The van der Waals surface area contributed by atoms with Crippen molar-refractivity contribution in [1.82, 2.24) is 9.80 Å². The molecule has 1 saturated heterocycles. The molecule has 1 aliphatic rings. The third-order valence-corrected chi connectivity index (χ3v) is 4.43. The summed E-state index contributed by atoms with van der Waals surface area (Å²) in [6.45, 7) is 4.40. The number of hydrogen-bond acceptors (Lipinski definition) is 4. The van der Waals surface area contributed by atoms with Crippen molar-refractivity contribution in [3.05, 3.63) is 34.9 Å². The van der Waals surface area contributed by atoms with E-state index in [-0.39, 0.29) is 17.9 Å². The zero-order valence-electron chi connectivity index (χ0n) is 12.9. The number of carbonyl (C=O) groups is 2. The molecule has 22 heavy (non-hydrogen) atoms. The van der Waals surface area contributed by atoms with Crippen molar-refractivity contribution in [2.24, 2.45) is 0 Å². The van der Waals surface area contributed by atoms with E-state index in [2.05, 4.69) is 0 Å². The lowest BCUT2D eigenvalue weighted by molar-refractivity contribution is -0.147. The fourth-order valence-electron chi connectivity index (χ4n) is 2.59. The average molecular weight is 325 g/mol. The number of methoxy groups -OCH3 is 1. The molecule has 1 aromatic carbocycles. The van der Waals surface area contributed by atoms with Gasteiger partial charge in [0.25, 0.3) is 0 Å². The molecule has 0 spiro atoms. The zero-order valence-corrected chi connectivity index (χ0v) is 13.7. The summed E-state index contributed by atoms with van der Waals surface area (Å²) in [5, 5.41) is 0.619. The van der Waals surface area contributed by atoms with Crippen LogP contribution >= 0.6 is 11.6 Å². The van der Waals surface area contributed by atoms with Crippen LogP contribution in [0.2, 0.25) is 5.02 Å². The number of ether oxygens (including phenoxy) is 1. The van der Waals surface area contributed by atoms with Crippen LogP contribution in [0.25, 0.3) is 0 Å². The van der Waals surface area contributed by atoms with Gasteiger partial charge in [0.2, 0.25) is 5.91 Å². The lowest BCUT2D eigenvalue weighted by atomic mass is 10.1. The number of carbonyl (C=O) groups excluding carboxylic acids is 2. The first-order valence-electron chi connectivity index (χ1n) is 7.36. The van der Waals surface area contributed by atoms with Crippen LogP contribution in [0, 0.1) is 0 Å².